The summed E-state index contributed by atoms with van der Waals surface area (Å²) in [6, 6.07) is 5.29. The quantitative estimate of drug-likeness (QED) is 0.759. The highest BCUT2D eigenvalue weighted by Gasteiger charge is 2.31. The molecule has 0 aromatic heterocycles. The number of nitrogens with one attached hydrogen (secondary N) is 1. The van der Waals surface area contributed by atoms with Gasteiger partial charge in [-0.25, -0.2) is 13.1 Å². The van der Waals surface area contributed by atoms with Crippen molar-refractivity contribution in [2.75, 3.05) is 32.7 Å². The standard InChI is InChI=1S/C21H31N3O4S/c1-16-5-6-17(2)19(15-16)29(27,28)22-10-7-20(25)23-13-8-18(9-14-23)21(26)24-11-3-4-12-24/h5-6,15,18,22H,3-4,7-14H2,1-2H3. The molecule has 29 heavy (non-hydrogen) atoms. The molecule has 2 heterocycles. The smallest absolute Gasteiger partial charge is 0.240 e. The average Bonchev–Trinajstić information content (AvgIpc) is 3.24. The third kappa shape index (κ3) is 5.36. The van der Waals surface area contributed by atoms with Gasteiger partial charge in [0.15, 0.2) is 0 Å². The Hall–Kier alpha value is -1.93. The number of rotatable bonds is 6. The molecule has 0 saturated carbocycles. The minimum Gasteiger partial charge on any atom is -0.343 e. The number of sulfonamides is 1. The van der Waals surface area contributed by atoms with Gasteiger partial charge >= 0.3 is 0 Å². The molecule has 2 amide bonds. The lowest BCUT2D eigenvalue weighted by Crippen LogP contribution is -2.44. The molecule has 0 aliphatic carbocycles. The van der Waals surface area contributed by atoms with Crippen LogP contribution in [0.15, 0.2) is 23.1 Å². The molecular weight excluding hydrogens is 390 g/mol. The van der Waals surface area contributed by atoms with Crippen molar-refractivity contribution in [3.8, 4) is 0 Å². The number of benzene rings is 1. The SMILES string of the molecule is Cc1ccc(C)c(S(=O)(=O)NCCC(=O)N2CCC(C(=O)N3CCCC3)CC2)c1. The molecule has 160 valence electrons. The van der Waals surface area contributed by atoms with E-state index in [4.69, 9.17) is 0 Å². The monoisotopic (exact) mass is 421 g/mol. The fourth-order valence-corrected chi connectivity index (χ4v) is 5.46. The number of carbonyl (C=O) groups is 2. The van der Waals surface area contributed by atoms with Gasteiger partial charge in [-0.1, -0.05) is 12.1 Å². The van der Waals surface area contributed by atoms with Gasteiger partial charge < -0.3 is 9.80 Å². The highest BCUT2D eigenvalue weighted by Crippen LogP contribution is 2.22. The van der Waals surface area contributed by atoms with E-state index in [1.165, 1.54) is 0 Å². The molecule has 8 heteroatoms. The molecule has 0 radical (unpaired) electrons. The average molecular weight is 422 g/mol. The first-order valence-corrected chi connectivity index (χ1v) is 11.9. The number of nitrogens with zero attached hydrogens (tertiary/aromatic N) is 2. The van der Waals surface area contributed by atoms with Gasteiger partial charge in [0, 0.05) is 45.1 Å². The van der Waals surface area contributed by atoms with E-state index in [0.717, 1.165) is 31.5 Å². The van der Waals surface area contributed by atoms with Crippen LogP contribution in [-0.4, -0.2) is 62.8 Å². The zero-order chi connectivity index (χ0) is 21.0. The van der Waals surface area contributed by atoms with Crippen molar-refractivity contribution < 1.29 is 18.0 Å². The lowest BCUT2D eigenvalue weighted by molar-refractivity contribution is -0.140. The van der Waals surface area contributed by atoms with E-state index in [1.54, 1.807) is 24.0 Å². The van der Waals surface area contributed by atoms with Gasteiger partial charge in [0.1, 0.15) is 0 Å². The first-order chi connectivity index (χ1) is 13.8. The topological polar surface area (TPSA) is 86.8 Å². The predicted molar refractivity (Wildman–Crippen MR) is 111 cm³/mol. The van der Waals surface area contributed by atoms with Crippen LogP contribution in [0.2, 0.25) is 0 Å². The summed E-state index contributed by atoms with van der Waals surface area (Å²) in [6.07, 6.45) is 3.67. The van der Waals surface area contributed by atoms with E-state index in [0.29, 0.717) is 31.5 Å². The molecule has 2 aliphatic rings. The highest BCUT2D eigenvalue weighted by atomic mass is 32.2. The number of hydrogen-bond acceptors (Lipinski definition) is 4. The van der Waals surface area contributed by atoms with Gasteiger partial charge in [-0.05, 0) is 56.7 Å². The number of likely N-dealkylation sites (tertiary alicyclic amines) is 2. The minimum atomic E-state index is -3.64. The zero-order valence-electron chi connectivity index (χ0n) is 17.3. The summed E-state index contributed by atoms with van der Waals surface area (Å²) in [5.41, 5.74) is 1.55. The predicted octanol–water partition coefficient (Wildman–Crippen LogP) is 1.83. The van der Waals surface area contributed by atoms with Crippen molar-refractivity contribution in [1.82, 2.24) is 14.5 Å². The van der Waals surface area contributed by atoms with Crippen LogP contribution in [0.3, 0.4) is 0 Å². The van der Waals surface area contributed by atoms with E-state index in [9.17, 15) is 18.0 Å². The molecule has 0 atom stereocenters. The Kier molecular flexibility index (Phi) is 6.95. The molecular formula is C21H31N3O4S. The Morgan fingerprint density at radius 1 is 1.03 bits per heavy atom. The first-order valence-electron chi connectivity index (χ1n) is 10.4. The third-order valence-corrected chi connectivity index (χ3v) is 7.48. The van der Waals surface area contributed by atoms with Crippen LogP contribution in [0.1, 0.15) is 43.2 Å². The summed E-state index contributed by atoms with van der Waals surface area (Å²) in [4.78, 5) is 28.9. The summed E-state index contributed by atoms with van der Waals surface area (Å²) in [5.74, 6) is 0.177. The Morgan fingerprint density at radius 3 is 2.34 bits per heavy atom. The number of carbonyl (C=O) groups excluding carboxylic acids is 2. The van der Waals surface area contributed by atoms with E-state index in [2.05, 4.69) is 4.72 Å². The van der Waals surface area contributed by atoms with Crippen LogP contribution in [0.4, 0.5) is 0 Å². The minimum absolute atomic E-state index is 0.0138. The van der Waals surface area contributed by atoms with Crippen molar-refractivity contribution in [3.63, 3.8) is 0 Å². The van der Waals surface area contributed by atoms with E-state index < -0.39 is 10.0 Å². The second-order valence-corrected chi connectivity index (χ2v) is 9.84. The molecule has 2 fully saturated rings. The lowest BCUT2D eigenvalue weighted by atomic mass is 9.95. The Balaban J connectivity index is 1.45. The van der Waals surface area contributed by atoms with E-state index in [-0.39, 0.29) is 35.6 Å². The second-order valence-electron chi connectivity index (χ2n) is 8.10. The molecule has 1 aromatic carbocycles. The largest absolute Gasteiger partial charge is 0.343 e. The molecule has 3 rings (SSSR count). The summed E-state index contributed by atoms with van der Waals surface area (Å²) in [7, 11) is -3.64. The first kappa shape index (κ1) is 21.8. The normalized spacial score (nSPS) is 18.3. The van der Waals surface area contributed by atoms with Gasteiger partial charge in [0.25, 0.3) is 0 Å². The Bertz CT molecular complexity index is 855. The van der Waals surface area contributed by atoms with E-state index in [1.807, 2.05) is 17.9 Å². The Morgan fingerprint density at radius 2 is 1.69 bits per heavy atom. The van der Waals surface area contributed by atoms with E-state index >= 15 is 0 Å². The molecule has 1 N–H and O–H groups in total. The van der Waals surface area contributed by atoms with Gasteiger partial charge in [-0.15, -0.1) is 0 Å². The van der Waals surface area contributed by atoms with Crippen molar-refractivity contribution >= 4 is 21.8 Å². The summed E-state index contributed by atoms with van der Waals surface area (Å²) in [5, 5.41) is 0. The van der Waals surface area contributed by atoms with Gasteiger partial charge in [0.2, 0.25) is 21.8 Å². The van der Waals surface area contributed by atoms with Gasteiger partial charge in [-0.3, -0.25) is 9.59 Å². The molecule has 2 saturated heterocycles. The van der Waals surface area contributed by atoms with Gasteiger partial charge in [-0.2, -0.15) is 0 Å². The molecule has 0 spiro atoms. The van der Waals surface area contributed by atoms with Crippen molar-refractivity contribution in [1.29, 1.82) is 0 Å². The second kappa shape index (κ2) is 9.26. The van der Waals surface area contributed by atoms with Crippen LogP contribution in [-0.2, 0) is 19.6 Å². The molecule has 2 aliphatic heterocycles. The van der Waals surface area contributed by atoms with Crippen LogP contribution in [0.25, 0.3) is 0 Å². The third-order valence-electron chi connectivity index (χ3n) is 5.88. The maximum absolute atomic E-state index is 12.5. The van der Waals surface area contributed by atoms with Crippen molar-refractivity contribution in [2.24, 2.45) is 5.92 Å². The summed E-state index contributed by atoms with van der Waals surface area (Å²) in [6.45, 7) is 6.52. The fourth-order valence-electron chi connectivity index (χ4n) is 4.10. The van der Waals surface area contributed by atoms with Crippen LogP contribution in [0, 0.1) is 19.8 Å². The van der Waals surface area contributed by atoms with Crippen LogP contribution < -0.4 is 4.72 Å². The molecule has 7 nitrogen and oxygen atoms in total. The highest BCUT2D eigenvalue weighted by molar-refractivity contribution is 7.89. The van der Waals surface area contributed by atoms with Crippen molar-refractivity contribution in [2.45, 2.75) is 50.8 Å². The lowest BCUT2D eigenvalue weighted by Gasteiger charge is -2.33. The Labute approximate surface area is 173 Å². The molecule has 0 bridgehead atoms. The van der Waals surface area contributed by atoms with Gasteiger partial charge in [0.05, 0.1) is 4.90 Å². The number of amides is 2. The summed E-state index contributed by atoms with van der Waals surface area (Å²) >= 11 is 0. The number of piperidine rings is 1. The van der Waals surface area contributed by atoms with Crippen molar-refractivity contribution in [3.05, 3.63) is 29.3 Å². The number of hydrogen-bond donors (Lipinski definition) is 1. The maximum Gasteiger partial charge on any atom is 0.240 e. The fraction of sp³-hybridized carbons (Fsp3) is 0.619. The summed E-state index contributed by atoms with van der Waals surface area (Å²) < 4.78 is 27.6. The number of aryl methyl sites for hydroxylation is 2. The maximum atomic E-state index is 12.5. The van der Waals surface area contributed by atoms with Crippen LogP contribution in [0.5, 0.6) is 0 Å². The zero-order valence-corrected chi connectivity index (χ0v) is 18.1. The molecule has 0 unspecified atom stereocenters. The van der Waals surface area contributed by atoms with Crippen LogP contribution >= 0.6 is 0 Å². The molecule has 1 aromatic rings.